The molecule has 9 heteroatoms. The van der Waals surface area contributed by atoms with Crippen LogP contribution in [0.25, 0.3) is 10.9 Å². The average molecular weight is 539 g/mol. The first-order chi connectivity index (χ1) is 18.3. The lowest BCUT2D eigenvalue weighted by molar-refractivity contribution is -0.142. The van der Waals surface area contributed by atoms with Crippen LogP contribution in [0.5, 0.6) is 0 Å². The summed E-state index contributed by atoms with van der Waals surface area (Å²) < 4.78 is 1.83. The molecule has 0 aliphatic carbocycles. The zero-order chi connectivity index (χ0) is 28.9. The van der Waals surface area contributed by atoms with Gasteiger partial charge >= 0.3 is 0 Å². The molecule has 1 fully saturated rings. The summed E-state index contributed by atoms with van der Waals surface area (Å²) in [6.07, 6.45) is 1.75. The van der Waals surface area contributed by atoms with E-state index in [1.54, 1.807) is 20.8 Å². The summed E-state index contributed by atoms with van der Waals surface area (Å²) in [6.45, 7) is 9.78. The lowest BCUT2D eigenvalue weighted by atomic mass is 9.87. The van der Waals surface area contributed by atoms with Gasteiger partial charge in [-0.05, 0) is 64.5 Å². The van der Waals surface area contributed by atoms with Crippen LogP contribution in [0.3, 0.4) is 0 Å². The SMILES string of the molecule is CC(C)C[C@H](CC(=O)c1cc2ccccc2n1C)C(=O)N[C@@H](C[C@@H]1CCCNC1=O)C(=O)C(=O)NC(C)(C)C. The second-order valence-electron chi connectivity index (χ2n) is 12.1. The summed E-state index contributed by atoms with van der Waals surface area (Å²) in [7, 11) is 1.82. The maximum Gasteiger partial charge on any atom is 0.290 e. The molecule has 0 saturated carbocycles. The molecule has 1 aliphatic rings. The van der Waals surface area contributed by atoms with Crippen molar-refractivity contribution in [2.75, 3.05) is 6.54 Å². The summed E-state index contributed by atoms with van der Waals surface area (Å²) >= 11 is 0. The number of fused-ring (bicyclic) bond motifs is 1. The number of piperidine rings is 1. The van der Waals surface area contributed by atoms with Gasteiger partial charge in [-0.15, -0.1) is 0 Å². The first kappa shape index (κ1) is 30.1. The van der Waals surface area contributed by atoms with Gasteiger partial charge in [0.1, 0.15) is 0 Å². The van der Waals surface area contributed by atoms with Crippen molar-refractivity contribution in [1.29, 1.82) is 0 Å². The van der Waals surface area contributed by atoms with Crippen molar-refractivity contribution < 1.29 is 24.0 Å². The number of carbonyl (C=O) groups is 5. The van der Waals surface area contributed by atoms with Gasteiger partial charge < -0.3 is 20.5 Å². The highest BCUT2D eigenvalue weighted by Crippen LogP contribution is 2.24. The van der Waals surface area contributed by atoms with Crippen LogP contribution in [0.2, 0.25) is 0 Å². The minimum Gasteiger partial charge on any atom is -0.356 e. The Labute approximate surface area is 230 Å². The number of rotatable bonds is 11. The van der Waals surface area contributed by atoms with E-state index in [1.165, 1.54) is 0 Å². The van der Waals surface area contributed by atoms with Gasteiger partial charge in [0.25, 0.3) is 5.91 Å². The van der Waals surface area contributed by atoms with Gasteiger partial charge in [0.15, 0.2) is 5.78 Å². The van der Waals surface area contributed by atoms with E-state index < -0.39 is 41.0 Å². The van der Waals surface area contributed by atoms with Crippen LogP contribution in [-0.4, -0.2) is 52.0 Å². The van der Waals surface area contributed by atoms with Gasteiger partial charge in [-0.2, -0.15) is 0 Å². The second kappa shape index (κ2) is 12.6. The predicted octanol–water partition coefficient (Wildman–Crippen LogP) is 3.30. The van der Waals surface area contributed by atoms with Crippen LogP contribution < -0.4 is 16.0 Å². The fourth-order valence-electron chi connectivity index (χ4n) is 5.16. The Bertz CT molecular complexity index is 1240. The highest BCUT2D eigenvalue weighted by Gasteiger charge is 2.36. The van der Waals surface area contributed by atoms with Crippen LogP contribution in [0, 0.1) is 17.8 Å². The predicted molar refractivity (Wildman–Crippen MR) is 150 cm³/mol. The molecule has 3 N–H and O–H groups in total. The number of nitrogens with zero attached hydrogens (tertiary/aromatic N) is 1. The third-order valence-corrected chi connectivity index (χ3v) is 7.06. The van der Waals surface area contributed by atoms with E-state index in [0.717, 1.165) is 17.3 Å². The molecule has 3 rings (SSSR count). The van der Waals surface area contributed by atoms with E-state index in [1.807, 2.05) is 55.8 Å². The number of benzene rings is 1. The van der Waals surface area contributed by atoms with Crippen LogP contribution in [-0.2, 0) is 26.2 Å². The Morgan fingerprint density at radius 3 is 2.44 bits per heavy atom. The lowest BCUT2D eigenvalue weighted by Crippen LogP contribution is -2.54. The molecular weight excluding hydrogens is 496 g/mol. The molecule has 3 atom stereocenters. The summed E-state index contributed by atoms with van der Waals surface area (Å²) in [5.41, 5.74) is 0.787. The number of aromatic nitrogens is 1. The Kier molecular flexibility index (Phi) is 9.69. The smallest absolute Gasteiger partial charge is 0.290 e. The van der Waals surface area contributed by atoms with Gasteiger partial charge in [0.2, 0.25) is 17.6 Å². The number of hydrogen-bond acceptors (Lipinski definition) is 5. The number of Topliss-reactive ketones (excluding diaryl/α,β-unsaturated/α-hetero) is 2. The Morgan fingerprint density at radius 2 is 1.82 bits per heavy atom. The number of carbonyl (C=O) groups excluding carboxylic acids is 5. The number of amides is 3. The van der Waals surface area contributed by atoms with Gasteiger partial charge in [-0.3, -0.25) is 24.0 Å². The zero-order valence-electron chi connectivity index (χ0n) is 23.9. The first-order valence-electron chi connectivity index (χ1n) is 13.8. The Hall–Kier alpha value is -3.49. The number of nitrogens with one attached hydrogen (secondary N) is 3. The fraction of sp³-hybridized carbons (Fsp3) is 0.567. The van der Waals surface area contributed by atoms with E-state index in [2.05, 4.69) is 16.0 Å². The maximum absolute atomic E-state index is 13.6. The van der Waals surface area contributed by atoms with Crippen LogP contribution in [0.1, 0.15) is 77.2 Å². The summed E-state index contributed by atoms with van der Waals surface area (Å²) in [5.74, 6) is -3.50. The monoisotopic (exact) mass is 538 g/mol. The normalized spacial score (nSPS) is 17.4. The van der Waals surface area contributed by atoms with Crippen molar-refractivity contribution in [3.63, 3.8) is 0 Å². The minimum absolute atomic E-state index is 0.0273. The van der Waals surface area contributed by atoms with E-state index >= 15 is 0 Å². The molecule has 1 saturated heterocycles. The van der Waals surface area contributed by atoms with Crippen molar-refractivity contribution in [3.8, 4) is 0 Å². The van der Waals surface area contributed by atoms with Crippen molar-refractivity contribution in [1.82, 2.24) is 20.5 Å². The number of hydrogen-bond donors (Lipinski definition) is 3. The lowest BCUT2D eigenvalue weighted by Gasteiger charge is -2.28. The van der Waals surface area contributed by atoms with E-state index in [0.29, 0.717) is 25.1 Å². The number of aryl methyl sites for hydroxylation is 1. The van der Waals surface area contributed by atoms with Crippen LogP contribution >= 0.6 is 0 Å². The average Bonchev–Trinajstić information content (AvgIpc) is 3.19. The van der Waals surface area contributed by atoms with Crippen LogP contribution in [0.15, 0.2) is 30.3 Å². The minimum atomic E-state index is -1.17. The molecule has 0 bridgehead atoms. The first-order valence-corrected chi connectivity index (χ1v) is 13.8. The van der Waals surface area contributed by atoms with Crippen LogP contribution in [0.4, 0.5) is 0 Å². The summed E-state index contributed by atoms with van der Waals surface area (Å²) in [6, 6.07) is 8.34. The number of ketones is 2. The molecule has 1 aliphatic heterocycles. The van der Waals surface area contributed by atoms with Gasteiger partial charge in [-0.1, -0.05) is 32.0 Å². The molecule has 0 radical (unpaired) electrons. The molecule has 9 nitrogen and oxygen atoms in total. The third kappa shape index (κ3) is 8.00. The molecule has 212 valence electrons. The van der Waals surface area contributed by atoms with Crippen molar-refractivity contribution >= 4 is 40.2 Å². The Morgan fingerprint density at radius 1 is 1.13 bits per heavy atom. The van der Waals surface area contributed by atoms with E-state index in [9.17, 15) is 24.0 Å². The molecule has 1 aromatic carbocycles. The highest BCUT2D eigenvalue weighted by molar-refractivity contribution is 6.38. The Balaban J connectivity index is 1.83. The van der Waals surface area contributed by atoms with Crippen molar-refractivity contribution in [2.45, 2.75) is 78.3 Å². The van der Waals surface area contributed by atoms with E-state index in [-0.39, 0.29) is 30.4 Å². The van der Waals surface area contributed by atoms with Crippen molar-refractivity contribution in [2.24, 2.45) is 24.8 Å². The molecule has 2 heterocycles. The van der Waals surface area contributed by atoms with Gasteiger partial charge in [-0.25, -0.2) is 0 Å². The third-order valence-electron chi connectivity index (χ3n) is 7.06. The fourth-order valence-corrected chi connectivity index (χ4v) is 5.16. The zero-order valence-corrected chi connectivity index (χ0v) is 23.9. The maximum atomic E-state index is 13.6. The highest BCUT2D eigenvalue weighted by atomic mass is 16.2. The van der Waals surface area contributed by atoms with Gasteiger partial charge in [0, 0.05) is 48.3 Å². The molecule has 0 unspecified atom stereocenters. The van der Waals surface area contributed by atoms with E-state index in [4.69, 9.17) is 0 Å². The topological polar surface area (TPSA) is 126 Å². The summed E-state index contributed by atoms with van der Waals surface area (Å²) in [4.78, 5) is 65.4. The molecule has 1 aromatic heterocycles. The summed E-state index contributed by atoms with van der Waals surface area (Å²) in [5, 5.41) is 9.16. The molecule has 2 aromatic rings. The second-order valence-corrected chi connectivity index (χ2v) is 12.1. The van der Waals surface area contributed by atoms with Crippen molar-refractivity contribution in [3.05, 3.63) is 36.0 Å². The number of para-hydroxylation sites is 1. The quantitative estimate of drug-likeness (QED) is 0.299. The molecule has 0 spiro atoms. The largest absolute Gasteiger partial charge is 0.356 e. The molecule has 3 amide bonds. The van der Waals surface area contributed by atoms with Gasteiger partial charge in [0.05, 0.1) is 11.7 Å². The standard InChI is InChI=1S/C30H42N4O5/c1-18(2)14-21(17-25(35)24-16-19-10-7-8-12-23(19)34(24)6)28(38)32-22(15-20-11-9-13-31-27(20)37)26(36)29(39)33-30(3,4)5/h7-8,10,12,16,18,20-22H,9,11,13-15,17H2,1-6H3,(H,31,37)(H,32,38)(H,33,39)/t20-,21+,22-/m0/s1. The molecule has 39 heavy (non-hydrogen) atoms. The molecular formula is C30H42N4O5.